The molecule has 1 aliphatic heterocycles. The number of piperidine rings is 1. The predicted octanol–water partition coefficient (Wildman–Crippen LogP) is 6.39. The number of aromatic carboxylic acids is 1. The summed E-state index contributed by atoms with van der Waals surface area (Å²) in [7, 11) is 1.42. The lowest BCUT2D eigenvalue weighted by molar-refractivity contribution is -0.136. The molecule has 0 radical (unpaired) electrons. The SMILES string of the molecule is COc1cc(C(=O)O)ccc1NCC#Cc1cc2c(N[C@H]3CCN(C(C)(C)C)C[C@H]3F)cccc2n1CCC(F)(F)F. The minimum atomic E-state index is -4.35. The summed E-state index contributed by atoms with van der Waals surface area (Å²) in [5.74, 6) is 5.16. The van der Waals surface area contributed by atoms with E-state index in [0.717, 1.165) is 6.54 Å². The van der Waals surface area contributed by atoms with Crippen molar-refractivity contribution >= 4 is 28.2 Å². The third-order valence-electron chi connectivity index (χ3n) is 7.43. The van der Waals surface area contributed by atoms with Gasteiger partial charge in [-0.2, -0.15) is 13.2 Å². The van der Waals surface area contributed by atoms with E-state index < -0.39 is 30.8 Å². The highest BCUT2D eigenvalue weighted by atomic mass is 19.4. The molecule has 1 saturated heterocycles. The van der Waals surface area contributed by atoms with Crippen LogP contribution in [0.1, 0.15) is 49.7 Å². The van der Waals surface area contributed by atoms with E-state index in [-0.39, 0.29) is 24.2 Å². The van der Waals surface area contributed by atoms with Gasteiger partial charge >= 0.3 is 12.1 Å². The smallest absolute Gasteiger partial charge is 0.390 e. The van der Waals surface area contributed by atoms with Crippen molar-refractivity contribution in [2.75, 3.05) is 37.4 Å². The zero-order valence-electron chi connectivity index (χ0n) is 24.1. The quantitative estimate of drug-likeness (QED) is 0.209. The lowest BCUT2D eigenvalue weighted by atomic mass is 9.96. The summed E-state index contributed by atoms with van der Waals surface area (Å²) in [5.41, 5.74) is 2.09. The van der Waals surface area contributed by atoms with Gasteiger partial charge in [0.15, 0.2) is 0 Å². The summed E-state index contributed by atoms with van der Waals surface area (Å²) in [6, 6.07) is 11.0. The number of likely N-dealkylation sites (tertiary alicyclic amines) is 1. The van der Waals surface area contributed by atoms with Gasteiger partial charge in [-0.05, 0) is 69.5 Å². The van der Waals surface area contributed by atoms with Crippen molar-refractivity contribution in [3.63, 3.8) is 0 Å². The van der Waals surface area contributed by atoms with E-state index in [2.05, 4.69) is 48.1 Å². The number of hydrogen-bond donors (Lipinski definition) is 3. The highest BCUT2D eigenvalue weighted by Crippen LogP contribution is 2.32. The molecule has 2 aromatic carbocycles. The van der Waals surface area contributed by atoms with E-state index in [1.165, 1.54) is 19.2 Å². The number of halogens is 4. The average Bonchev–Trinajstić information content (AvgIpc) is 3.28. The van der Waals surface area contributed by atoms with Gasteiger partial charge in [0.1, 0.15) is 11.9 Å². The number of anilines is 2. The number of fused-ring (bicyclic) bond motifs is 1. The van der Waals surface area contributed by atoms with Crippen LogP contribution in [0.3, 0.4) is 0 Å². The van der Waals surface area contributed by atoms with E-state index in [9.17, 15) is 23.1 Å². The number of methoxy groups -OCH3 is 1. The van der Waals surface area contributed by atoms with E-state index in [1.807, 2.05) is 6.07 Å². The predicted molar refractivity (Wildman–Crippen MR) is 156 cm³/mol. The van der Waals surface area contributed by atoms with Crippen molar-refractivity contribution < 1.29 is 32.2 Å². The topological polar surface area (TPSA) is 78.8 Å². The van der Waals surface area contributed by atoms with Gasteiger partial charge in [0.2, 0.25) is 0 Å². The van der Waals surface area contributed by atoms with Gasteiger partial charge in [-0.25, -0.2) is 9.18 Å². The Hall–Kier alpha value is -3.91. The van der Waals surface area contributed by atoms with Crippen LogP contribution in [-0.2, 0) is 6.54 Å². The lowest BCUT2D eigenvalue weighted by Crippen LogP contribution is -2.54. The van der Waals surface area contributed by atoms with Crippen LogP contribution in [0.5, 0.6) is 5.75 Å². The molecule has 0 bridgehead atoms. The van der Waals surface area contributed by atoms with Crippen LogP contribution >= 0.6 is 0 Å². The van der Waals surface area contributed by atoms with Gasteiger partial charge < -0.3 is 25.0 Å². The van der Waals surface area contributed by atoms with Crippen LogP contribution in [0.4, 0.5) is 28.9 Å². The Morgan fingerprint density at radius 1 is 1.14 bits per heavy atom. The second-order valence-corrected chi connectivity index (χ2v) is 11.3. The monoisotopic (exact) mass is 588 g/mol. The van der Waals surface area contributed by atoms with Crippen LogP contribution in [0.2, 0.25) is 0 Å². The van der Waals surface area contributed by atoms with Gasteiger partial charge in [0.25, 0.3) is 0 Å². The Bertz CT molecular complexity index is 1480. The fourth-order valence-corrected chi connectivity index (χ4v) is 5.11. The molecule has 3 N–H and O–H groups in total. The summed E-state index contributed by atoms with van der Waals surface area (Å²) in [6.07, 6.45) is -5.88. The molecule has 2 atom stereocenters. The minimum Gasteiger partial charge on any atom is -0.495 e. The number of hydrogen-bond acceptors (Lipinski definition) is 5. The number of ether oxygens (including phenoxy) is 1. The maximum absolute atomic E-state index is 15.2. The van der Waals surface area contributed by atoms with Crippen molar-refractivity contribution in [1.29, 1.82) is 0 Å². The minimum absolute atomic E-state index is 0.0703. The molecule has 0 aliphatic carbocycles. The summed E-state index contributed by atoms with van der Waals surface area (Å²) in [5, 5.41) is 16.2. The van der Waals surface area contributed by atoms with Gasteiger partial charge in [-0.1, -0.05) is 12.0 Å². The van der Waals surface area contributed by atoms with E-state index in [4.69, 9.17) is 4.74 Å². The largest absolute Gasteiger partial charge is 0.495 e. The molecule has 226 valence electrons. The van der Waals surface area contributed by atoms with Crippen molar-refractivity contribution in [1.82, 2.24) is 9.47 Å². The van der Waals surface area contributed by atoms with Crippen LogP contribution in [0.15, 0.2) is 42.5 Å². The number of alkyl halides is 4. The molecule has 1 aliphatic rings. The Morgan fingerprint density at radius 3 is 2.55 bits per heavy atom. The molecular formula is C31H36F4N4O3. The second kappa shape index (κ2) is 12.5. The first kappa shape index (κ1) is 31.0. The number of carboxylic acids is 1. The molecule has 11 heteroatoms. The number of rotatable bonds is 8. The summed E-state index contributed by atoms with van der Waals surface area (Å²) >= 11 is 0. The van der Waals surface area contributed by atoms with Gasteiger partial charge in [0.05, 0.1) is 48.6 Å². The molecule has 0 amide bonds. The zero-order valence-corrected chi connectivity index (χ0v) is 24.1. The highest BCUT2D eigenvalue weighted by molar-refractivity contribution is 5.94. The third-order valence-corrected chi connectivity index (χ3v) is 7.43. The molecule has 0 saturated carbocycles. The zero-order chi connectivity index (χ0) is 30.7. The van der Waals surface area contributed by atoms with Crippen LogP contribution in [0.25, 0.3) is 10.9 Å². The summed E-state index contributed by atoms with van der Waals surface area (Å²) in [6.45, 7) is 7.03. The molecule has 0 unspecified atom stereocenters. The second-order valence-electron chi connectivity index (χ2n) is 11.3. The molecule has 0 spiro atoms. The normalized spacial score (nSPS) is 17.9. The Morgan fingerprint density at radius 2 is 1.90 bits per heavy atom. The number of aryl methyl sites for hydroxylation is 1. The molecule has 42 heavy (non-hydrogen) atoms. The Balaban J connectivity index is 1.58. The van der Waals surface area contributed by atoms with E-state index >= 15 is 4.39 Å². The Labute approximate surface area is 242 Å². The number of benzene rings is 2. The first-order valence-corrected chi connectivity index (χ1v) is 13.8. The fraction of sp³-hybridized carbons (Fsp3) is 0.452. The van der Waals surface area contributed by atoms with Gasteiger partial charge in [-0.15, -0.1) is 0 Å². The first-order chi connectivity index (χ1) is 19.8. The molecule has 1 aromatic heterocycles. The highest BCUT2D eigenvalue weighted by Gasteiger charge is 2.34. The lowest BCUT2D eigenvalue weighted by Gasteiger charge is -2.42. The fourth-order valence-electron chi connectivity index (χ4n) is 5.11. The number of carboxylic acid groups (broad SMARTS) is 1. The molecular weight excluding hydrogens is 552 g/mol. The summed E-state index contributed by atoms with van der Waals surface area (Å²) in [4.78, 5) is 13.3. The van der Waals surface area contributed by atoms with Crippen molar-refractivity contribution in [3.05, 3.63) is 53.7 Å². The van der Waals surface area contributed by atoms with Crippen LogP contribution in [0, 0.1) is 11.8 Å². The standard InChI is InChI=1S/C31H36F4N4O3/c1-30(2,3)38-15-12-25(23(32)19-38)37-24-8-5-9-27-22(24)18-21(39(27)16-13-31(33,34)35)7-6-14-36-26-11-10-20(29(40)41)17-28(26)42-4/h5,8-11,17-18,23,25,36-37H,12-16,19H2,1-4H3,(H,40,41)/t23-,25+/m1/s1. The van der Waals surface area contributed by atoms with Crippen LogP contribution in [-0.4, -0.2) is 71.2 Å². The number of carbonyl (C=O) groups is 1. The van der Waals surface area contributed by atoms with Crippen molar-refractivity contribution in [2.24, 2.45) is 0 Å². The molecule has 3 aromatic rings. The molecule has 2 heterocycles. The number of aromatic nitrogens is 1. The number of nitrogens with zero attached hydrogens (tertiary/aromatic N) is 2. The number of nitrogens with one attached hydrogen (secondary N) is 2. The summed E-state index contributed by atoms with van der Waals surface area (Å²) < 4.78 is 61.6. The average molecular weight is 589 g/mol. The third kappa shape index (κ3) is 7.48. The maximum atomic E-state index is 15.2. The van der Waals surface area contributed by atoms with Gasteiger partial charge in [-0.3, -0.25) is 4.90 Å². The molecule has 4 rings (SSSR count). The van der Waals surface area contributed by atoms with Crippen LogP contribution < -0.4 is 15.4 Å². The van der Waals surface area contributed by atoms with E-state index in [1.54, 1.807) is 28.8 Å². The van der Waals surface area contributed by atoms with E-state index in [0.29, 0.717) is 46.7 Å². The Kier molecular flexibility index (Phi) is 9.26. The van der Waals surface area contributed by atoms with Crippen molar-refractivity contribution in [3.8, 4) is 17.6 Å². The molecule has 7 nitrogen and oxygen atoms in total. The first-order valence-electron chi connectivity index (χ1n) is 13.8. The van der Waals surface area contributed by atoms with Gasteiger partial charge in [0, 0.05) is 36.2 Å². The maximum Gasteiger partial charge on any atom is 0.390 e. The van der Waals surface area contributed by atoms with Crippen molar-refractivity contribution in [2.45, 2.75) is 64.1 Å². The molecule has 1 fully saturated rings.